The molecule has 1 aliphatic carbocycles. The molecule has 7 nitrogen and oxygen atoms in total. The fourth-order valence-corrected chi connectivity index (χ4v) is 6.77. The van der Waals surface area contributed by atoms with Crippen LogP contribution in [0.4, 0.5) is 0 Å². The average Bonchev–Trinajstić information content (AvgIpc) is 3.45. The number of likely N-dealkylation sites (tertiary alicyclic amines) is 1. The van der Waals surface area contributed by atoms with Gasteiger partial charge < -0.3 is 15.5 Å². The van der Waals surface area contributed by atoms with Crippen LogP contribution in [0.5, 0.6) is 0 Å². The molecule has 3 heterocycles. The number of carbonyl (C=O) groups excluding carboxylic acids is 1. The molecule has 3 fully saturated rings. The van der Waals surface area contributed by atoms with E-state index in [1.54, 1.807) is 0 Å². The highest BCUT2D eigenvalue weighted by atomic mass is 35.5. The molecule has 2 aliphatic heterocycles. The molecule has 37 heavy (non-hydrogen) atoms. The molecule has 2 aromatic rings. The molecular weight excluding hydrogens is 509 g/mol. The lowest BCUT2D eigenvalue weighted by Crippen LogP contribution is -2.52. The zero-order valence-corrected chi connectivity index (χ0v) is 23.8. The first-order valence-corrected chi connectivity index (χ1v) is 14.1. The number of fused-ring (bicyclic) bond motifs is 1. The molecule has 1 aromatic carbocycles. The molecule has 2 saturated heterocycles. The van der Waals surface area contributed by atoms with E-state index in [4.69, 9.17) is 0 Å². The van der Waals surface area contributed by atoms with Crippen LogP contribution in [-0.4, -0.2) is 58.7 Å². The molecule has 0 radical (unpaired) electrons. The number of aryl methyl sites for hydroxylation is 1. The first-order valence-electron chi connectivity index (χ1n) is 14.1. The van der Waals surface area contributed by atoms with E-state index < -0.39 is 0 Å². The number of aromatic nitrogens is 2. The van der Waals surface area contributed by atoms with Crippen molar-refractivity contribution in [3.05, 3.63) is 34.7 Å². The Hall–Kier alpha value is -1.54. The maximum absolute atomic E-state index is 13.7. The summed E-state index contributed by atoms with van der Waals surface area (Å²) >= 11 is 0. The molecule has 1 saturated carbocycles. The van der Waals surface area contributed by atoms with Gasteiger partial charge in [0.1, 0.15) is 0 Å². The zero-order chi connectivity index (χ0) is 24.2. The molecular formula is C28H45Cl2N5O2. The van der Waals surface area contributed by atoms with Gasteiger partial charge in [-0.05, 0) is 57.2 Å². The number of nitrogens with zero attached hydrogens (tertiary/aromatic N) is 3. The van der Waals surface area contributed by atoms with Gasteiger partial charge in [-0.2, -0.15) is 0 Å². The van der Waals surface area contributed by atoms with Gasteiger partial charge in [0.05, 0.1) is 23.0 Å². The van der Waals surface area contributed by atoms with Gasteiger partial charge in [0, 0.05) is 38.8 Å². The Labute approximate surface area is 233 Å². The minimum atomic E-state index is -0.216. The summed E-state index contributed by atoms with van der Waals surface area (Å²) in [6.07, 6.45) is 11.2. The molecule has 208 valence electrons. The van der Waals surface area contributed by atoms with Crippen LogP contribution in [0, 0.1) is 11.8 Å². The lowest BCUT2D eigenvalue weighted by Gasteiger charge is -2.40. The number of hydrogen-bond donors (Lipinski definition) is 2. The second-order valence-corrected chi connectivity index (χ2v) is 11.0. The normalized spacial score (nSPS) is 25.6. The van der Waals surface area contributed by atoms with Gasteiger partial charge in [0.25, 0.3) is 0 Å². The Morgan fingerprint density at radius 1 is 1.00 bits per heavy atom. The predicted octanol–water partition coefficient (Wildman–Crippen LogP) is 4.37. The summed E-state index contributed by atoms with van der Waals surface area (Å²) in [6.45, 7) is 7.23. The third-order valence-corrected chi connectivity index (χ3v) is 8.66. The zero-order valence-electron chi connectivity index (χ0n) is 22.2. The van der Waals surface area contributed by atoms with Crippen molar-refractivity contribution in [1.29, 1.82) is 0 Å². The van der Waals surface area contributed by atoms with Crippen molar-refractivity contribution in [3.8, 4) is 0 Å². The monoisotopic (exact) mass is 553 g/mol. The molecule has 5 rings (SSSR count). The van der Waals surface area contributed by atoms with E-state index in [1.165, 1.54) is 44.9 Å². The van der Waals surface area contributed by atoms with Crippen molar-refractivity contribution in [2.24, 2.45) is 11.8 Å². The summed E-state index contributed by atoms with van der Waals surface area (Å²) in [7, 11) is 0. The Kier molecular flexibility index (Phi) is 11.4. The smallest absolute Gasteiger partial charge is 0.329 e. The van der Waals surface area contributed by atoms with E-state index in [0.717, 1.165) is 62.5 Å². The van der Waals surface area contributed by atoms with Gasteiger partial charge in [-0.3, -0.25) is 13.9 Å². The number of carbonyl (C=O) groups is 1. The van der Waals surface area contributed by atoms with Crippen LogP contribution in [-0.2, 0) is 11.3 Å². The standard InChI is InChI=1S/C28H43N5O2.2ClH/c1-2-32-25-12-8-9-13-26(25)33(28(32)35)24-15-17-31(19-21-10-6-4-3-5-7-11-21)20-23(24)27(34)30-22-14-16-29-18-22;;/h8-9,12-13,21-24,29H,2-7,10-11,14-20H2,1H3,(H,30,34);2*1H/t22-,23-,24-;;/m0../s1. The largest absolute Gasteiger partial charge is 0.352 e. The van der Waals surface area contributed by atoms with Crippen molar-refractivity contribution in [1.82, 2.24) is 24.7 Å². The number of amides is 1. The summed E-state index contributed by atoms with van der Waals surface area (Å²) in [5.41, 5.74) is 1.95. The maximum Gasteiger partial charge on any atom is 0.329 e. The van der Waals surface area contributed by atoms with Crippen molar-refractivity contribution in [2.45, 2.75) is 83.3 Å². The van der Waals surface area contributed by atoms with Crippen LogP contribution >= 0.6 is 24.8 Å². The predicted molar refractivity (Wildman–Crippen MR) is 155 cm³/mol. The van der Waals surface area contributed by atoms with E-state index in [9.17, 15) is 9.59 Å². The highest BCUT2D eigenvalue weighted by Crippen LogP contribution is 2.33. The van der Waals surface area contributed by atoms with Crippen LogP contribution in [0.2, 0.25) is 0 Å². The number of benzene rings is 1. The van der Waals surface area contributed by atoms with Gasteiger partial charge in [-0.15, -0.1) is 24.8 Å². The lowest BCUT2D eigenvalue weighted by molar-refractivity contribution is -0.129. The Morgan fingerprint density at radius 3 is 2.38 bits per heavy atom. The van der Waals surface area contributed by atoms with Gasteiger partial charge in [0.15, 0.2) is 0 Å². The quantitative estimate of drug-likeness (QED) is 0.557. The van der Waals surface area contributed by atoms with Gasteiger partial charge in [0.2, 0.25) is 5.91 Å². The van der Waals surface area contributed by atoms with Crippen molar-refractivity contribution < 1.29 is 4.79 Å². The Morgan fingerprint density at radius 2 is 1.70 bits per heavy atom. The van der Waals surface area contributed by atoms with Gasteiger partial charge in [-0.1, -0.05) is 44.2 Å². The third-order valence-electron chi connectivity index (χ3n) is 8.66. The number of rotatable bonds is 6. The van der Waals surface area contributed by atoms with Crippen LogP contribution in [0.25, 0.3) is 11.0 Å². The van der Waals surface area contributed by atoms with Crippen molar-refractivity contribution in [2.75, 3.05) is 32.7 Å². The van der Waals surface area contributed by atoms with E-state index >= 15 is 0 Å². The molecule has 2 N–H and O–H groups in total. The number of para-hydroxylation sites is 2. The molecule has 3 aliphatic rings. The van der Waals surface area contributed by atoms with Crippen LogP contribution in [0.15, 0.2) is 29.1 Å². The molecule has 1 amide bonds. The summed E-state index contributed by atoms with van der Waals surface area (Å²) in [6, 6.07) is 8.15. The second-order valence-electron chi connectivity index (χ2n) is 11.0. The van der Waals surface area contributed by atoms with E-state index in [2.05, 4.69) is 15.5 Å². The first-order chi connectivity index (χ1) is 17.2. The minimum absolute atomic E-state index is 0. The molecule has 3 atom stereocenters. The van der Waals surface area contributed by atoms with Gasteiger partial charge in [-0.25, -0.2) is 4.79 Å². The summed E-state index contributed by atoms with van der Waals surface area (Å²) in [4.78, 5) is 29.8. The van der Waals surface area contributed by atoms with Crippen LogP contribution in [0.3, 0.4) is 0 Å². The molecule has 9 heteroatoms. The van der Waals surface area contributed by atoms with E-state index in [-0.39, 0.29) is 54.4 Å². The molecule has 0 unspecified atom stereocenters. The highest BCUT2D eigenvalue weighted by molar-refractivity contribution is 5.85. The average molecular weight is 555 g/mol. The highest BCUT2D eigenvalue weighted by Gasteiger charge is 2.38. The lowest BCUT2D eigenvalue weighted by atomic mass is 9.87. The summed E-state index contributed by atoms with van der Waals surface area (Å²) in [5, 5.41) is 6.69. The first kappa shape index (κ1) is 30.0. The van der Waals surface area contributed by atoms with Crippen LogP contribution in [0.1, 0.15) is 70.8 Å². The second kappa shape index (κ2) is 14.0. The number of imidazole rings is 1. The SMILES string of the molecule is CCn1c(=O)n([C@H]2CCN(CC3CCCCCCC3)C[C@@H]2C(=O)N[C@H]2CCNC2)c2ccccc21.Cl.Cl. The van der Waals surface area contributed by atoms with Crippen molar-refractivity contribution >= 4 is 41.8 Å². The fourth-order valence-electron chi connectivity index (χ4n) is 6.77. The van der Waals surface area contributed by atoms with Crippen LogP contribution < -0.4 is 16.3 Å². The Bertz CT molecular complexity index is 1060. The minimum Gasteiger partial charge on any atom is -0.352 e. The van der Waals surface area contributed by atoms with Crippen molar-refractivity contribution in [3.63, 3.8) is 0 Å². The molecule has 0 spiro atoms. The third kappa shape index (κ3) is 6.73. The maximum atomic E-state index is 13.7. The van der Waals surface area contributed by atoms with Gasteiger partial charge >= 0.3 is 5.69 Å². The summed E-state index contributed by atoms with van der Waals surface area (Å²) in [5.74, 6) is 0.636. The Balaban J connectivity index is 0.00000190. The number of hydrogen-bond acceptors (Lipinski definition) is 4. The van der Waals surface area contributed by atoms with E-state index in [0.29, 0.717) is 6.54 Å². The number of piperidine rings is 1. The van der Waals surface area contributed by atoms with E-state index in [1.807, 2.05) is 40.3 Å². The number of nitrogens with one attached hydrogen (secondary N) is 2. The molecule has 0 bridgehead atoms. The number of halogens is 2. The summed E-state index contributed by atoms with van der Waals surface area (Å²) < 4.78 is 3.80. The topological polar surface area (TPSA) is 71.3 Å². The fraction of sp³-hybridized carbons (Fsp3) is 0.714. The molecule has 1 aromatic heterocycles.